The van der Waals surface area contributed by atoms with Crippen LogP contribution in [0.4, 0.5) is 0 Å². The number of piperazine rings is 1. The van der Waals surface area contributed by atoms with E-state index < -0.39 is 0 Å². The van der Waals surface area contributed by atoms with Crippen LogP contribution in [0.25, 0.3) is 0 Å². The summed E-state index contributed by atoms with van der Waals surface area (Å²) in [5.74, 6) is 0.811. The number of nitrogens with one attached hydrogen (secondary N) is 1. The number of halogens is 2. The van der Waals surface area contributed by atoms with Crippen LogP contribution in [0.2, 0.25) is 0 Å². The van der Waals surface area contributed by atoms with Crippen LogP contribution in [0.3, 0.4) is 0 Å². The van der Waals surface area contributed by atoms with Crippen molar-refractivity contribution in [2.24, 2.45) is 0 Å². The van der Waals surface area contributed by atoms with E-state index in [2.05, 4.69) is 10.3 Å². The van der Waals surface area contributed by atoms with E-state index in [4.69, 9.17) is 4.74 Å². The van der Waals surface area contributed by atoms with Crippen LogP contribution in [-0.2, 0) is 0 Å². The molecule has 0 radical (unpaired) electrons. The molecular weight excluding hydrogens is 349 g/mol. The number of benzene rings is 1. The molecule has 1 aromatic heterocycles. The quantitative estimate of drug-likeness (QED) is 0.903. The van der Waals surface area contributed by atoms with Gasteiger partial charge in [0.05, 0.1) is 18.7 Å². The summed E-state index contributed by atoms with van der Waals surface area (Å²) < 4.78 is 5.45. The number of hydrogen-bond acceptors (Lipinski definition) is 4. The maximum absolute atomic E-state index is 12.8. The molecule has 1 aromatic carbocycles. The van der Waals surface area contributed by atoms with Gasteiger partial charge in [0.1, 0.15) is 5.75 Å². The fourth-order valence-corrected chi connectivity index (χ4v) is 2.82. The molecule has 1 aliphatic rings. The smallest absolute Gasteiger partial charge is 0.256 e. The van der Waals surface area contributed by atoms with Gasteiger partial charge in [0.25, 0.3) is 5.91 Å². The molecule has 0 spiro atoms. The van der Waals surface area contributed by atoms with Crippen LogP contribution in [0, 0.1) is 0 Å². The number of para-hydroxylation sites is 1. The first kappa shape index (κ1) is 20.2. The molecule has 5 nitrogen and oxygen atoms in total. The SMILES string of the molecule is COc1ccccc1C1CNCCN1C(=O)c1cccnc1.Cl.Cl. The van der Waals surface area contributed by atoms with Crippen molar-refractivity contribution in [1.82, 2.24) is 15.2 Å². The molecule has 3 rings (SSSR count). The Morgan fingerprint density at radius 3 is 2.75 bits per heavy atom. The number of nitrogens with zero attached hydrogens (tertiary/aromatic N) is 2. The van der Waals surface area contributed by atoms with E-state index in [1.165, 1.54) is 0 Å². The number of pyridine rings is 1. The van der Waals surface area contributed by atoms with E-state index >= 15 is 0 Å². The zero-order chi connectivity index (χ0) is 15.4. The molecule has 1 amide bonds. The molecule has 24 heavy (non-hydrogen) atoms. The minimum absolute atomic E-state index is 0. The van der Waals surface area contributed by atoms with Gasteiger partial charge in [-0.25, -0.2) is 0 Å². The van der Waals surface area contributed by atoms with E-state index in [9.17, 15) is 4.79 Å². The number of hydrogen-bond donors (Lipinski definition) is 1. The largest absolute Gasteiger partial charge is 0.496 e. The molecular formula is C17H21Cl2N3O2. The van der Waals surface area contributed by atoms with E-state index in [1.807, 2.05) is 29.2 Å². The Hall–Kier alpha value is -1.82. The highest BCUT2D eigenvalue weighted by Gasteiger charge is 2.30. The predicted octanol–water partition coefficient (Wildman–Crippen LogP) is 2.72. The summed E-state index contributed by atoms with van der Waals surface area (Å²) in [6.07, 6.45) is 3.29. The van der Waals surface area contributed by atoms with Crippen LogP contribution in [0.15, 0.2) is 48.8 Å². The van der Waals surface area contributed by atoms with Crippen molar-refractivity contribution in [3.63, 3.8) is 0 Å². The zero-order valence-electron chi connectivity index (χ0n) is 13.3. The molecule has 0 aliphatic carbocycles. The van der Waals surface area contributed by atoms with Crippen molar-refractivity contribution in [3.8, 4) is 5.75 Å². The summed E-state index contributed by atoms with van der Waals surface area (Å²) in [6, 6.07) is 11.4. The van der Waals surface area contributed by atoms with Crippen molar-refractivity contribution < 1.29 is 9.53 Å². The fourth-order valence-electron chi connectivity index (χ4n) is 2.82. The van der Waals surface area contributed by atoms with Gasteiger partial charge < -0.3 is 15.0 Å². The minimum Gasteiger partial charge on any atom is -0.496 e. The topological polar surface area (TPSA) is 54.5 Å². The molecule has 0 bridgehead atoms. The standard InChI is InChI=1S/C17H19N3O2.2ClH/c1-22-16-7-3-2-6-14(16)15-12-19-9-10-20(15)17(21)13-5-4-8-18-11-13;;/h2-8,11,15,19H,9-10,12H2,1H3;2*1H. The minimum atomic E-state index is -0.0439. The molecule has 1 fully saturated rings. The Morgan fingerprint density at radius 1 is 1.25 bits per heavy atom. The number of carbonyl (C=O) groups is 1. The molecule has 0 saturated carbocycles. The maximum atomic E-state index is 12.8. The first-order valence-corrected chi connectivity index (χ1v) is 7.36. The Kier molecular flexibility index (Phi) is 7.98. The number of amides is 1. The van der Waals surface area contributed by atoms with Gasteiger partial charge in [-0.3, -0.25) is 9.78 Å². The highest BCUT2D eigenvalue weighted by Crippen LogP contribution is 2.30. The van der Waals surface area contributed by atoms with Gasteiger partial charge >= 0.3 is 0 Å². The molecule has 1 unspecified atom stereocenters. The number of aromatic nitrogens is 1. The monoisotopic (exact) mass is 369 g/mol. The summed E-state index contributed by atoms with van der Waals surface area (Å²) in [6.45, 7) is 2.17. The Labute approximate surface area is 154 Å². The highest BCUT2D eigenvalue weighted by molar-refractivity contribution is 5.94. The molecule has 2 aromatic rings. The highest BCUT2D eigenvalue weighted by atomic mass is 35.5. The lowest BCUT2D eigenvalue weighted by Gasteiger charge is -2.37. The molecule has 7 heteroatoms. The van der Waals surface area contributed by atoms with Crippen LogP contribution >= 0.6 is 24.8 Å². The number of rotatable bonds is 3. The lowest BCUT2D eigenvalue weighted by Crippen LogP contribution is -2.48. The second-order valence-electron chi connectivity index (χ2n) is 5.20. The first-order valence-electron chi connectivity index (χ1n) is 7.36. The van der Waals surface area contributed by atoms with Crippen molar-refractivity contribution in [1.29, 1.82) is 0 Å². The molecule has 130 valence electrons. The third-order valence-electron chi connectivity index (χ3n) is 3.91. The summed E-state index contributed by atoms with van der Waals surface area (Å²) in [5.41, 5.74) is 1.64. The van der Waals surface area contributed by atoms with Crippen molar-refractivity contribution in [2.45, 2.75) is 6.04 Å². The van der Waals surface area contributed by atoms with E-state index in [-0.39, 0.29) is 36.8 Å². The summed E-state index contributed by atoms with van der Waals surface area (Å²) >= 11 is 0. The average molecular weight is 370 g/mol. The molecule has 1 aliphatic heterocycles. The lowest BCUT2D eigenvalue weighted by atomic mass is 10.0. The Bertz CT molecular complexity index is 655. The van der Waals surface area contributed by atoms with Gasteiger partial charge in [-0.1, -0.05) is 18.2 Å². The Morgan fingerprint density at radius 2 is 2.04 bits per heavy atom. The van der Waals surface area contributed by atoms with Crippen molar-refractivity contribution in [2.75, 3.05) is 26.7 Å². The fraction of sp³-hybridized carbons (Fsp3) is 0.294. The summed E-state index contributed by atoms with van der Waals surface area (Å²) in [7, 11) is 1.66. The normalized spacial score (nSPS) is 16.5. The van der Waals surface area contributed by atoms with Crippen LogP contribution in [-0.4, -0.2) is 42.5 Å². The lowest BCUT2D eigenvalue weighted by molar-refractivity contribution is 0.0631. The number of carbonyl (C=O) groups excluding carboxylic acids is 1. The second kappa shape index (κ2) is 9.47. The molecule has 1 atom stereocenters. The van der Waals surface area contributed by atoms with Crippen molar-refractivity contribution >= 4 is 30.7 Å². The van der Waals surface area contributed by atoms with Crippen LogP contribution in [0.1, 0.15) is 22.0 Å². The Balaban J connectivity index is 0.00000144. The van der Waals surface area contributed by atoms with E-state index in [0.29, 0.717) is 18.7 Å². The van der Waals surface area contributed by atoms with Crippen molar-refractivity contribution in [3.05, 3.63) is 59.9 Å². The summed E-state index contributed by atoms with van der Waals surface area (Å²) in [4.78, 5) is 18.7. The van der Waals surface area contributed by atoms with Gasteiger partial charge in [-0.15, -0.1) is 24.8 Å². The van der Waals surface area contributed by atoms with E-state index in [0.717, 1.165) is 17.9 Å². The maximum Gasteiger partial charge on any atom is 0.256 e. The zero-order valence-corrected chi connectivity index (χ0v) is 15.0. The van der Waals surface area contributed by atoms with Gasteiger partial charge in [-0.05, 0) is 18.2 Å². The third kappa shape index (κ3) is 4.17. The molecule has 1 N–H and O–H groups in total. The first-order chi connectivity index (χ1) is 10.8. The molecule has 1 saturated heterocycles. The van der Waals surface area contributed by atoms with Gasteiger partial charge in [0, 0.05) is 37.6 Å². The van der Waals surface area contributed by atoms with E-state index in [1.54, 1.807) is 31.6 Å². The number of methoxy groups -OCH3 is 1. The number of ether oxygens (including phenoxy) is 1. The van der Waals surface area contributed by atoms with Gasteiger partial charge in [0.2, 0.25) is 0 Å². The van der Waals surface area contributed by atoms with Crippen LogP contribution < -0.4 is 10.1 Å². The predicted molar refractivity (Wildman–Crippen MR) is 98.4 cm³/mol. The third-order valence-corrected chi connectivity index (χ3v) is 3.91. The van der Waals surface area contributed by atoms with Gasteiger partial charge in [-0.2, -0.15) is 0 Å². The van der Waals surface area contributed by atoms with Gasteiger partial charge in [0.15, 0.2) is 0 Å². The summed E-state index contributed by atoms with van der Waals surface area (Å²) in [5, 5.41) is 3.36. The average Bonchev–Trinajstić information content (AvgIpc) is 2.62. The second-order valence-corrected chi connectivity index (χ2v) is 5.20. The van der Waals surface area contributed by atoms with Crippen LogP contribution in [0.5, 0.6) is 5.75 Å². The molecule has 2 heterocycles.